The Hall–Kier alpha value is -2.99. The van der Waals surface area contributed by atoms with E-state index in [9.17, 15) is 9.59 Å². The molecule has 1 N–H and O–H groups in total. The Labute approximate surface area is 167 Å². The lowest BCUT2D eigenvalue weighted by molar-refractivity contribution is -0.125. The number of nitrogens with one attached hydrogen (secondary N) is 1. The van der Waals surface area contributed by atoms with Crippen LogP contribution in [-0.4, -0.2) is 23.0 Å². The lowest BCUT2D eigenvalue weighted by Crippen LogP contribution is -2.38. The molecule has 0 bridgehead atoms. The van der Waals surface area contributed by atoms with Gasteiger partial charge in [0.15, 0.2) is 11.2 Å². The molecular formula is C22H20N2O3S. The van der Waals surface area contributed by atoms with Crippen molar-refractivity contribution in [3.05, 3.63) is 81.4 Å². The molecule has 0 unspecified atom stereocenters. The summed E-state index contributed by atoms with van der Waals surface area (Å²) in [5, 5.41) is 3.30. The number of carbonyl (C=O) groups excluding carboxylic acids is 2. The number of fused-ring (bicyclic) bond motifs is 1. The molecule has 28 heavy (non-hydrogen) atoms. The van der Waals surface area contributed by atoms with Crippen molar-refractivity contribution >= 4 is 28.3 Å². The highest BCUT2D eigenvalue weighted by molar-refractivity contribution is 7.15. The highest BCUT2D eigenvalue weighted by Crippen LogP contribution is 2.25. The maximum absolute atomic E-state index is 12.6. The molecule has 2 heterocycles. The van der Waals surface area contributed by atoms with Crippen LogP contribution in [0.25, 0.3) is 0 Å². The number of hydrogen-bond donors (Lipinski definition) is 1. The minimum absolute atomic E-state index is 0.351. The molecule has 1 aromatic heterocycles. The van der Waals surface area contributed by atoms with Crippen molar-refractivity contribution in [2.45, 2.75) is 32.8 Å². The quantitative estimate of drug-likeness (QED) is 0.680. The Balaban J connectivity index is 1.42. The van der Waals surface area contributed by atoms with E-state index in [1.165, 1.54) is 22.5 Å². The van der Waals surface area contributed by atoms with Crippen molar-refractivity contribution in [2.75, 3.05) is 5.32 Å². The summed E-state index contributed by atoms with van der Waals surface area (Å²) in [4.78, 5) is 30.2. The first kappa shape index (κ1) is 18.4. The van der Waals surface area contributed by atoms with Gasteiger partial charge in [-0.3, -0.25) is 10.1 Å². The number of esters is 1. The Bertz CT molecular complexity index is 1060. The zero-order valence-electron chi connectivity index (χ0n) is 15.7. The molecule has 1 amide bonds. The zero-order valence-corrected chi connectivity index (χ0v) is 16.5. The highest BCUT2D eigenvalue weighted by atomic mass is 32.1. The lowest BCUT2D eigenvalue weighted by Gasteiger charge is -2.23. The molecule has 142 valence electrons. The van der Waals surface area contributed by atoms with Crippen LogP contribution in [-0.2, 0) is 22.4 Å². The maximum Gasteiger partial charge on any atom is 0.339 e. The summed E-state index contributed by atoms with van der Waals surface area (Å²) in [6.07, 6.45) is 2.06. The number of nitrogens with zero attached hydrogens (tertiary/aromatic N) is 1. The molecule has 0 radical (unpaired) electrons. The van der Waals surface area contributed by atoms with Crippen molar-refractivity contribution in [3.63, 3.8) is 0 Å². The number of benzene rings is 2. The zero-order chi connectivity index (χ0) is 19.7. The van der Waals surface area contributed by atoms with Gasteiger partial charge in [0.1, 0.15) is 0 Å². The SMILES string of the molecule is Cc1cccc(Cc2cnc(NC(=O)[C@@H]3Cc4ccc(C)cc4C(=O)O3)s2)c1. The molecular weight excluding hydrogens is 372 g/mol. The first-order valence-corrected chi connectivity index (χ1v) is 9.91. The number of ether oxygens (including phenoxy) is 1. The third kappa shape index (κ3) is 3.97. The van der Waals surface area contributed by atoms with Gasteiger partial charge in [-0.15, -0.1) is 11.3 Å². The average Bonchev–Trinajstić information content (AvgIpc) is 3.09. The van der Waals surface area contributed by atoms with Gasteiger partial charge in [0.25, 0.3) is 5.91 Å². The van der Waals surface area contributed by atoms with Crippen molar-refractivity contribution in [1.29, 1.82) is 0 Å². The van der Waals surface area contributed by atoms with Gasteiger partial charge in [0, 0.05) is 23.9 Å². The van der Waals surface area contributed by atoms with Crippen molar-refractivity contribution < 1.29 is 14.3 Å². The van der Waals surface area contributed by atoms with Crippen LogP contribution in [0.15, 0.2) is 48.7 Å². The molecule has 1 atom stereocenters. The minimum atomic E-state index is -0.841. The van der Waals surface area contributed by atoms with Crippen LogP contribution in [0.4, 0.5) is 5.13 Å². The molecule has 2 aromatic carbocycles. The summed E-state index contributed by atoms with van der Waals surface area (Å²) >= 11 is 1.43. The van der Waals surface area contributed by atoms with E-state index in [1.54, 1.807) is 12.3 Å². The van der Waals surface area contributed by atoms with Crippen molar-refractivity contribution in [3.8, 4) is 0 Å². The Kier molecular flexibility index (Phi) is 4.96. The van der Waals surface area contributed by atoms with Gasteiger partial charge < -0.3 is 4.74 Å². The minimum Gasteiger partial charge on any atom is -0.448 e. The average molecular weight is 392 g/mol. The van der Waals surface area contributed by atoms with Gasteiger partial charge >= 0.3 is 5.97 Å². The second kappa shape index (κ2) is 7.56. The number of cyclic esters (lactones) is 1. The summed E-state index contributed by atoms with van der Waals surface area (Å²) in [7, 11) is 0. The Morgan fingerprint density at radius 3 is 2.86 bits per heavy atom. The van der Waals surface area contributed by atoms with Crippen LogP contribution >= 0.6 is 11.3 Å². The van der Waals surface area contributed by atoms with Crippen LogP contribution in [0, 0.1) is 13.8 Å². The molecule has 0 saturated heterocycles. The normalized spacial score (nSPS) is 15.6. The summed E-state index contributed by atoms with van der Waals surface area (Å²) in [6.45, 7) is 3.98. The van der Waals surface area contributed by atoms with Crippen LogP contribution in [0.1, 0.15) is 37.5 Å². The van der Waals surface area contributed by atoms with Gasteiger partial charge in [0.05, 0.1) is 5.56 Å². The smallest absolute Gasteiger partial charge is 0.339 e. The number of thiazole rings is 1. The van der Waals surface area contributed by atoms with Crippen LogP contribution in [0.5, 0.6) is 0 Å². The van der Waals surface area contributed by atoms with Gasteiger partial charge in [-0.2, -0.15) is 0 Å². The van der Waals surface area contributed by atoms with Crippen LogP contribution in [0.3, 0.4) is 0 Å². The standard InChI is InChI=1S/C22H20N2O3S/c1-13-4-3-5-15(8-13)10-17-12-23-22(28-17)24-20(25)19-11-16-7-6-14(2)9-18(16)21(26)27-19/h3-9,12,19H,10-11H2,1-2H3,(H,23,24,25)/t19-/m0/s1. The molecule has 5 nitrogen and oxygen atoms in total. The van der Waals surface area contributed by atoms with E-state index in [0.29, 0.717) is 17.1 Å². The molecule has 3 aromatic rings. The third-order valence-corrected chi connectivity index (χ3v) is 5.59. The maximum atomic E-state index is 12.6. The molecule has 0 saturated carbocycles. The van der Waals surface area contributed by atoms with Crippen molar-refractivity contribution in [2.24, 2.45) is 0 Å². The lowest BCUT2D eigenvalue weighted by atomic mass is 9.96. The summed E-state index contributed by atoms with van der Waals surface area (Å²) in [5.74, 6) is -0.805. The number of hydrogen-bond acceptors (Lipinski definition) is 5. The van der Waals surface area contributed by atoms with Gasteiger partial charge in [0.2, 0.25) is 0 Å². The van der Waals surface area contributed by atoms with E-state index in [-0.39, 0.29) is 5.91 Å². The molecule has 4 rings (SSSR count). The monoisotopic (exact) mass is 392 g/mol. The number of anilines is 1. The first-order valence-electron chi connectivity index (χ1n) is 9.09. The Morgan fingerprint density at radius 1 is 1.21 bits per heavy atom. The fourth-order valence-corrected chi connectivity index (χ4v) is 4.14. The highest BCUT2D eigenvalue weighted by Gasteiger charge is 2.31. The summed E-state index contributed by atoms with van der Waals surface area (Å²) in [5.41, 5.74) is 4.78. The largest absolute Gasteiger partial charge is 0.448 e. The summed E-state index contributed by atoms with van der Waals surface area (Å²) in [6, 6.07) is 13.9. The van der Waals surface area contributed by atoms with E-state index in [1.807, 2.05) is 25.1 Å². The van der Waals surface area contributed by atoms with E-state index < -0.39 is 12.1 Å². The number of aromatic nitrogens is 1. The molecule has 0 spiro atoms. The molecule has 6 heteroatoms. The fourth-order valence-electron chi connectivity index (χ4n) is 3.29. The van der Waals surface area contributed by atoms with E-state index in [4.69, 9.17) is 4.74 Å². The molecule has 0 aliphatic carbocycles. The topological polar surface area (TPSA) is 68.3 Å². The first-order chi connectivity index (χ1) is 13.5. The van der Waals surface area contributed by atoms with E-state index >= 15 is 0 Å². The number of amides is 1. The second-order valence-electron chi connectivity index (χ2n) is 7.05. The van der Waals surface area contributed by atoms with E-state index in [2.05, 4.69) is 35.4 Å². The number of aryl methyl sites for hydroxylation is 2. The van der Waals surface area contributed by atoms with Crippen molar-refractivity contribution in [1.82, 2.24) is 4.98 Å². The van der Waals surface area contributed by atoms with Gasteiger partial charge in [-0.05, 0) is 31.0 Å². The second-order valence-corrected chi connectivity index (χ2v) is 8.16. The van der Waals surface area contributed by atoms with E-state index in [0.717, 1.165) is 22.4 Å². The molecule has 1 aliphatic heterocycles. The van der Waals surface area contributed by atoms with Gasteiger partial charge in [-0.1, -0.05) is 47.5 Å². The molecule has 1 aliphatic rings. The Morgan fingerprint density at radius 2 is 2.04 bits per heavy atom. The van der Waals surface area contributed by atoms with Gasteiger partial charge in [-0.25, -0.2) is 9.78 Å². The summed E-state index contributed by atoms with van der Waals surface area (Å²) < 4.78 is 5.34. The third-order valence-electron chi connectivity index (χ3n) is 4.68. The predicted octanol–water partition coefficient (Wildman–Crippen LogP) is 4.07. The molecule has 0 fully saturated rings. The number of carbonyl (C=O) groups is 2. The fraction of sp³-hybridized carbons (Fsp3) is 0.227. The van der Waals surface area contributed by atoms with Crippen LogP contribution in [0.2, 0.25) is 0 Å². The number of rotatable bonds is 4. The van der Waals surface area contributed by atoms with Crippen LogP contribution < -0.4 is 5.32 Å². The predicted molar refractivity (Wildman–Crippen MR) is 109 cm³/mol.